The van der Waals surface area contributed by atoms with Gasteiger partial charge in [-0.05, 0) is 70.0 Å². The minimum atomic E-state index is -0.0700. The van der Waals surface area contributed by atoms with E-state index in [1.54, 1.807) is 6.07 Å². The number of phenolic OH excluding ortho intramolecular Hbond substituents is 1. The summed E-state index contributed by atoms with van der Waals surface area (Å²) in [7, 11) is 0. The SMILES string of the molecule is CC(C)(C)c1ccc(-n2c(-c3ccccc3O)nc3c(-c4[c-]c(-c5nccc6c5oc5c7ccccc7ccc65)cc(-c5ccccc5)c4)cccc32)c(-c2ccccc2)c1.[Pt]. The van der Waals surface area contributed by atoms with Crippen molar-refractivity contribution in [1.29, 1.82) is 0 Å². The van der Waals surface area contributed by atoms with Crippen molar-refractivity contribution in [3.8, 4) is 67.5 Å². The Morgan fingerprint density at radius 2 is 1.26 bits per heavy atom. The normalized spacial score (nSPS) is 11.7. The fourth-order valence-corrected chi connectivity index (χ4v) is 8.71. The third kappa shape index (κ3) is 6.61. The molecular weight excluding hydrogens is 942 g/mol. The third-order valence-electron chi connectivity index (χ3n) is 11.8. The smallest absolute Gasteiger partial charge is 0.148 e. The summed E-state index contributed by atoms with van der Waals surface area (Å²) in [4.78, 5) is 10.4. The molecule has 11 aromatic rings. The van der Waals surface area contributed by atoms with Crippen LogP contribution in [-0.2, 0) is 26.5 Å². The van der Waals surface area contributed by atoms with Crippen LogP contribution in [0.25, 0.3) is 105 Å². The van der Waals surface area contributed by atoms with Crippen molar-refractivity contribution in [3.05, 3.63) is 194 Å². The van der Waals surface area contributed by atoms with E-state index in [2.05, 4.69) is 159 Å². The van der Waals surface area contributed by atoms with Crippen molar-refractivity contribution in [2.75, 3.05) is 0 Å². The number of aromatic hydroxyl groups is 1. The summed E-state index contributed by atoms with van der Waals surface area (Å²) in [6, 6.07) is 64.2. The van der Waals surface area contributed by atoms with Crippen LogP contribution in [0, 0.1) is 6.07 Å². The van der Waals surface area contributed by atoms with Gasteiger partial charge in [-0.2, -0.15) is 0 Å². The van der Waals surface area contributed by atoms with E-state index in [0.717, 1.165) is 94.1 Å². The first-order valence-corrected chi connectivity index (χ1v) is 20.6. The summed E-state index contributed by atoms with van der Waals surface area (Å²) in [5, 5.41) is 15.7. The summed E-state index contributed by atoms with van der Waals surface area (Å²) < 4.78 is 9.00. The molecule has 0 aliphatic rings. The number of fused-ring (bicyclic) bond motifs is 6. The molecule has 0 aliphatic carbocycles. The standard InChI is InChI=1S/C56H40N3O2.Pt/c1-56(2,3)41-26-28-48(47(34-41)36-17-8-5-9-18-36)59-49-23-14-22-42(52(49)58-55(59)46-21-12-13-24-50(46)60)39-31-38(35-15-6-4-7-16-35)32-40(33-39)51-54-45(29-30-57-51)44-27-25-37-19-10-11-20-43(37)53(44)61-54;/h4-32,34,60H,1-3H3;/q-1;. The average Bonchev–Trinajstić information content (AvgIpc) is 3.88. The molecule has 6 heteroatoms. The summed E-state index contributed by atoms with van der Waals surface area (Å²) in [5.74, 6) is 0.799. The second-order valence-corrected chi connectivity index (χ2v) is 16.7. The molecular formula is C56H40N3O2Pt-. The molecule has 62 heavy (non-hydrogen) atoms. The summed E-state index contributed by atoms with van der Waals surface area (Å²) in [5.41, 5.74) is 13.6. The Morgan fingerprint density at radius 1 is 0.565 bits per heavy atom. The number of phenols is 1. The maximum Gasteiger partial charge on any atom is 0.148 e. The van der Waals surface area contributed by atoms with Gasteiger partial charge in [0.05, 0.1) is 22.3 Å². The van der Waals surface area contributed by atoms with Gasteiger partial charge in [0.25, 0.3) is 0 Å². The average molecular weight is 982 g/mol. The predicted molar refractivity (Wildman–Crippen MR) is 250 cm³/mol. The number of furan rings is 1. The van der Waals surface area contributed by atoms with E-state index in [0.29, 0.717) is 11.4 Å². The molecule has 302 valence electrons. The molecule has 0 fully saturated rings. The molecule has 3 aromatic heterocycles. The predicted octanol–water partition coefficient (Wildman–Crippen LogP) is 14.6. The van der Waals surface area contributed by atoms with Crippen molar-refractivity contribution < 1.29 is 30.6 Å². The number of aromatic nitrogens is 3. The number of benzene rings is 8. The molecule has 0 saturated carbocycles. The van der Waals surface area contributed by atoms with Crippen LogP contribution in [0.3, 0.4) is 0 Å². The van der Waals surface area contributed by atoms with E-state index < -0.39 is 0 Å². The molecule has 0 radical (unpaired) electrons. The van der Waals surface area contributed by atoms with Gasteiger partial charge in [-0.3, -0.25) is 9.55 Å². The molecule has 3 heterocycles. The van der Waals surface area contributed by atoms with Gasteiger partial charge < -0.3 is 9.52 Å². The minimum Gasteiger partial charge on any atom is -0.507 e. The quantitative estimate of drug-likeness (QED) is 0.169. The Morgan fingerprint density at radius 3 is 2.05 bits per heavy atom. The van der Waals surface area contributed by atoms with Gasteiger partial charge in [-0.25, -0.2) is 4.98 Å². The van der Waals surface area contributed by atoms with E-state index in [1.165, 1.54) is 5.56 Å². The first-order valence-electron chi connectivity index (χ1n) is 20.6. The Balaban J connectivity index is 0.00000458. The summed E-state index contributed by atoms with van der Waals surface area (Å²) in [6.45, 7) is 6.72. The van der Waals surface area contributed by atoms with E-state index in [9.17, 15) is 5.11 Å². The number of nitrogens with zero attached hydrogens (tertiary/aromatic N) is 3. The molecule has 0 spiro atoms. The van der Waals surface area contributed by atoms with Crippen LogP contribution >= 0.6 is 0 Å². The van der Waals surface area contributed by atoms with Crippen LogP contribution in [-0.4, -0.2) is 19.6 Å². The monoisotopic (exact) mass is 981 g/mol. The third-order valence-corrected chi connectivity index (χ3v) is 11.8. The molecule has 11 rings (SSSR count). The topological polar surface area (TPSA) is 64.1 Å². The van der Waals surface area contributed by atoms with Gasteiger partial charge >= 0.3 is 0 Å². The van der Waals surface area contributed by atoms with Crippen LogP contribution in [0.5, 0.6) is 5.75 Å². The van der Waals surface area contributed by atoms with Crippen LogP contribution in [0.4, 0.5) is 0 Å². The van der Waals surface area contributed by atoms with Gasteiger partial charge in [-0.1, -0.05) is 159 Å². The van der Waals surface area contributed by atoms with Crippen molar-refractivity contribution in [2.24, 2.45) is 0 Å². The Bertz CT molecular complexity index is 3470. The molecule has 0 saturated heterocycles. The molecule has 0 unspecified atom stereocenters. The molecule has 0 amide bonds. The zero-order chi connectivity index (χ0) is 41.2. The zero-order valence-electron chi connectivity index (χ0n) is 34.3. The first-order chi connectivity index (χ1) is 29.8. The summed E-state index contributed by atoms with van der Waals surface area (Å²) >= 11 is 0. The largest absolute Gasteiger partial charge is 0.507 e. The second kappa shape index (κ2) is 15.4. The van der Waals surface area contributed by atoms with Gasteiger partial charge in [-0.15, -0.1) is 23.8 Å². The summed E-state index contributed by atoms with van der Waals surface area (Å²) in [6.07, 6.45) is 1.86. The molecule has 0 bridgehead atoms. The van der Waals surface area contributed by atoms with Gasteiger partial charge in [0.15, 0.2) is 0 Å². The number of para-hydroxylation sites is 2. The van der Waals surface area contributed by atoms with Crippen molar-refractivity contribution >= 4 is 43.7 Å². The Hall–Kier alpha value is -7.07. The Kier molecular flexibility index (Phi) is 9.73. The maximum absolute atomic E-state index is 11.4. The first kappa shape index (κ1) is 39.1. The number of hydrogen-bond acceptors (Lipinski definition) is 4. The van der Waals surface area contributed by atoms with E-state index in [4.69, 9.17) is 14.4 Å². The van der Waals surface area contributed by atoms with Crippen LogP contribution in [0.15, 0.2) is 187 Å². The fourth-order valence-electron chi connectivity index (χ4n) is 8.71. The van der Waals surface area contributed by atoms with Gasteiger partial charge in [0.1, 0.15) is 22.7 Å². The van der Waals surface area contributed by atoms with E-state index >= 15 is 0 Å². The van der Waals surface area contributed by atoms with Crippen molar-refractivity contribution in [3.63, 3.8) is 0 Å². The van der Waals surface area contributed by atoms with Gasteiger partial charge in [0, 0.05) is 54.7 Å². The molecule has 0 aliphatic heterocycles. The van der Waals surface area contributed by atoms with Crippen molar-refractivity contribution in [2.45, 2.75) is 26.2 Å². The van der Waals surface area contributed by atoms with Crippen LogP contribution < -0.4 is 0 Å². The molecule has 8 aromatic carbocycles. The number of imidazole rings is 1. The Labute approximate surface area is 374 Å². The maximum atomic E-state index is 11.4. The molecule has 0 atom stereocenters. The van der Waals surface area contributed by atoms with E-state index in [1.807, 2.05) is 48.7 Å². The van der Waals surface area contributed by atoms with Crippen molar-refractivity contribution in [1.82, 2.24) is 14.5 Å². The number of rotatable bonds is 6. The minimum absolute atomic E-state index is 0. The fraction of sp³-hybridized carbons (Fsp3) is 0.0714. The number of hydrogen-bond donors (Lipinski definition) is 1. The van der Waals surface area contributed by atoms with Crippen LogP contribution in [0.1, 0.15) is 26.3 Å². The zero-order valence-corrected chi connectivity index (χ0v) is 36.6. The van der Waals surface area contributed by atoms with E-state index in [-0.39, 0.29) is 32.2 Å². The molecule has 5 nitrogen and oxygen atoms in total. The van der Waals surface area contributed by atoms with Gasteiger partial charge in [0.2, 0.25) is 0 Å². The number of pyridine rings is 1. The van der Waals surface area contributed by atoms with Crippen LogP contribution in [0.2, 0.25) is 0 Å². The molecule has 1 N–H and O–H groups in total. The second-order valence-electron chi connectivity index (χ2n) is 16.7.